The zero-order valence-electron chi connectivity index (χ0n) is 12.0. The van der Waals surface area contributed by atoms with E-state index in [0.29, 0.717) is 5.82 Å². The Kier molecular flexibility index (Phi) is 3.55. The number of rotatable bonds is 2. The van der Waals surface area contributed by atoms with Gasteiger partial charge in [0.15, 0.2) is 0 Å². The van der Waals surface area contributed by atoms with Crippen LogP contribution in [0.2, 0.25) is 0 Å². The quantitative estimate of drug-likeness (QED) is 0.750. The Hall–Kier alpha value is -2.07. The van der Waals surface area contributed by atoms with E-state index in [4.69, 9.17) is 5.73 Å². The average Bonchev–Trinajstić information content (AvgIpc) is 2.76. The number of hydrogen-bond acceptors (Lipinski definition) is 2. The maximum absolute atomic E-state index is 6.24. The Labute approximate surface area is 132 Å². The lowest BCUT2D eigenvalue weighted by molar-refractivity contribution is 0.782. The first kappa shape index (κ1) is 13.9. The van der Waals surface area contributed by atoms with Crippen LogP contribution in [0.3, 0.4) is 0 Å². The molecule has 3 nitrogen and oxygen atoms in total. The molecule has 106 valence electrons. The summed E-state index contributed by atoms with van der Waals surface area (Å²) in [5.41, 5.74) is 11.5. The molecule has 0 aliphatic rings. The van der Waals surface area contributed by atoms with E-state index < -0.39 is 0 Å². The summed E-state index contributed by atoms with van der Waals surface area (Å²) in [6.45, 7) is 2.08. The summed E-state index contributed by atoms with van der Waals surface area (Å²) >= 11 is 3.51. The number of aryl methyl sites for hydroxylation is 2. The van der Waals surface area contributed by atoms with E-state index >= 15 is 0 Å². The minimum Gasteiger partial charge on any atom is -0.383 e. The number of aromatic nitrogens is 2. The second kappa shape index (κ2) is 5.37. The number of nitrogens with two attached hydrogens (primary N) is 1. The highest BCUT2D eigenvalue weighted by Crippen LogP contribution is 2.36. The van der Waals surface area contributed by atoms with Crippen LogP contribution in [0.15, 0.2) is 53.0 Å². The van der Waals surface area contributed by atoms with E-state index in [9.17, 15) is 0 Å². The molecule has 4 heteroatoms. The van der Waals surface area contributed by atoms with Crippen molar-refractivity contribution in [3.63, 3.8) is 0 Å². The molecular formula is C17H16BrN3. The van der Waals surface area contributed by atoms with Crippen LogP contribution in [0.1, 0.15) is 5.56 Å². The van der Waals surface area contributed by atoms with Crippen LogP contribution in [0.4, 0.5) is 5.82 Å². The molecule has 3 rings (SSSR count). The van der Waals surface area contributed by atoms with E-state index in [1.807, 2.05) is 19.2 Å². The highest BCUT2D eigenvalue weighted by molar-refractivity contribution is 9.10. The first-order valence-electron chi connectivity index (χ1n) is 6.71. The van der Waals surface area contributed by atoms with Gasteiger partial charge in [-0.05, 0) is 24.6 Å². The molecule has 0 saturated carbocycles. The van der Waals surface area contributed by atoms with Gasteiger partial charge in [0.25, 0.3) is 0 Å². The van der Waals surface area contributed by atoms with Crippen LogP contribution in [0.5, 0.6) is 0 Å². The van der Waals surface area contributed by atoms with Gasteiger partial charge in [0, 0.05) is 17.1 Å². The molecule has 0 spiro atoms. The molecule has 3 aromatic rings. The zero-order valence-corrected chi connectivity index (χ0v) is 13.6. The van der Waals surface area contributed by atoms with Gasteiger partial charge in [-0.3, -0.25) is 4.68 Å². The molecule has 2 aromatic carbocycles. The van der Waals surface area contributed by atoms with Gasteiger partial charge >= 0.3 is 0 Å². The average molecular weight is 342 g/mol. The predicted octanol–water partition coefficient (Wildman–Crippen LogP) is 4.41. The van der Waals surface area contributed by atoms with Gasteiger partial charge < -0.3 is 5.73 Å². The highest BCUT2D eigenvalue weighted by Gasteiger charge is 2.17. The number of nitrogens with zero attached hydrogens (tertiary/aromatic N) is 2. The van der Waals surface area contributed by atoms with Crippen LogP contribution in [0, 0.1) is 6.92 Å². The molecule has 0 aliphatic heterocycles. The van der Waals surface area contributed by atoms with E-state index in [-0.39, 0.29) is 0 Å². The van der Waals surface area contributed by atoms with E-state index in [1.54, 1.807) is 4.68 Å². The van der Waals surface area contributed by atoms with E-state index in [0.717, 1.165) is 26.9 Å². The summed E-state index contributed by atoms with van der Waals surface area (Å²) in [7, 11) is 1.87. The molecule has 2 N–H and O–H groups in total. The highest BCUT2D eigenvalue weighted by atomic mass is 79.9. The third-order valence-electron chi connectivity index (χ3n) is 3.53. The molecule has 0 unspecified atom stereocenters. The lowest BCUT2D eigenvalue weighted by Gasteiger charge is -2.05. The Morgan fingerprint density at radius 3 is 2.43 bits per heavy atom. The molecule has 0 aliphatic carbocycles. The maximum atomic E-state index is 6.24. The van der Waals surface area contributed by atoms with Crippen molar-refractivity contribution in [3.8, 4) is 22.4 Å². The zero-order chi connectivity index (χ0) is 15.0. The lowest BCUT2D eigenvalue weighted by atomic mass is 10.0. The number of hydrogen-bond donors (Lipinski definition) is 1. The Morgan fingerprint density at radius 1 is 1.05 bits per heavy atom. The first-order valence-corrected chi connectivity index (χ1v) is 7.51. The van der Waals surface area contributed by atoms with Crippen LogP contribution in [0.25, 0.3) is 22.4 Å². The van der Waals surface area contributed by atoms with Gasteiger partial charge in [-0.25, -0.2) is 0 Å². The number of nitrogen functional groups attached to an aromatic ring is 1. The second-order valence-electron chi connectivity index (χ2n) is 5.11. The van der Waals surface area contributed by atoms with Gasteiger partial charge in [0.05, 0.1) is 5.56 Å². The third kappa shape index (κ3) is 2.59. The van der Waals surface area contributed by atoms with Crippen molar-refractivity contribution >= 4 is 21.7 Å². The Balaban J connectivity index is 2.23. The Bertz CT molecular complexity index is 788. The summed E-state index contributed by atoms with van der Waals surface area (Å²) < 4.78 is 2.75. The molecule has 1 aromatic heterocycles. The molecule has 0 saturated heterocycles. The fourth-order valence-corrected chi connectivity index (χ4v) is 2.78. The topological polar surface area (TPSA) is 43.8 Å². The van der Waals surface area contributed by atoms with Crippen molar-refractivity contribution in [1.29, 1.82) is 0 Å². The molecule has 1 heterocycles. The molecule has 0 fully saturated rings. The van der Waals surface area contributed by atoms with E-state index in [1.165, 1.54) is 5.56 Å². The third-order valence-corrected chi connectivity index (χ3v) is 4.02. The standard InChI is InChI=1S/C17H16BrN3/c1-11-6-8-12(9-7-11)16-15(17(19)21(2)20-16)13-4-3-5-14(18)10-13/h3-10H,19H2,1-2H3. The first-order chi connectivity index (χ1) is 10.1. The monoisotopic (exact) mass is 341 g/mol. The molecular weight excluding hydrogens is 326 g/mol. The normalized spacial score (nSPS) is 10.8. The minimum absolute atomic E-state index is 0.670. The summed E-state index contributed by atoms with van der Waals surface area (Å²) in [5, 5.41) is 4.59. The maximum Gasteiger partial charge on any atom is 0.129 e. The number of benzene rings is 2. The van der Waals surface area contributed by atoms with Gasteiger partial charge in [-0.1, -0.05) is 57.9 Å². The van der Waals surface area contributed by atoms with Crippen molar-refractivity contribution in [2.75, 3.05) is 5.73 Å². The minimum atomic E-state index is 0.670. The summed E-state index contributed by atoms with van der Waals surface area (Å²) in [6.07, 6.45) is 0. The molecule has 0 amide bonds. The predicted molar refractivity (Wildman–Crippen MR) is 90.9 cm³/mol. The largest absolute Gasteiger partial charge is 0.383 e. The number of anilines is 1. The van der Waals surface area contributed by atoms with Crippen molar-refractivity contribution < 1.29 is 0 Å². The summed E-state index contributed by atoms with van der Waals surface area (Å²) in [6, 6.07) is 16.5. The van der Waals surface area contributed by atoms with Crippen LogP contribution in [-0.4, -0.2) is 9.78 Å². The second-order valence-corrected chi connectivity index (χ2v) is 6.02. The lowest BCUT2D eigenvalue weighted by Crippen LogP contribution is -1.97. The fraction of sp³-hybridized carbons (Fsp3) is 0.118. The van der Waals surface area contributed by atoms with Crippen LogP contribution >= 0.6 is 15.9 Å². The van der Waals surface area contributed by atoms with Gasteiger partial charge in [0.2, 0.25) is 0 Å². The van der Waals surface area contributed by atoms with Gasteiger partial charge in [0.1, 0.15) is 11.5 Å². The smallest absolute Gasteiger partial charge is 0.129 e. The van der Waals surface area contributed by atoms with Crippen molar-refractivity contribution in [2.24, 2.45) is 7.05 Å². The van der Waals surface area contributed by atoms with Crippen LogP contribution < -0.4 is 5.73 Å². The summed E-state index contributed by atoms with van der Waals surface area (Å²) in [5.74, 6) is 0.670. The SMILES string of the molecule is Cc1ccc(-c2nn(C)c(N)c2-c2cccc(Br)c2)cc1. The molecule has 21 heavy (non-hydrogen) atoms. The Morgan fingerprint density at radius 2 is 1.76 bits per heavy atom. The van der Waals surface area contributed by atoms with Crippen molar-refractivity contribution in [3.05, 3.63) is 58.6 Å². The van der Waals surface area contributed by atoms with Gasteiger partial charge in [-0.2, -0.15) is 5.10 Å². The molecule has 0 atom stereocenters. The molecule has 0 bridgehead atoms. The van der Waals surface area contributed by atoms with Crippen molar-refractivity contribution in [2.45, 2.75) is 6.92 Å². The summed E-state index contributed by atoms with van der Waals surface area (Å²) in [4.78, 5) is 0. The van der Waals surface area contributed by atoms with Gasteiger partial charge in [-0.15, -0.1) is 0 Å². The number of halogens is 1. The fourth-order valence-electron chi connectivity index (χ4n) is 2.38. The van der Waals surface area contributed by atoms with E-state index in [2.05, 4.69) is 64.4 Å². The van der Waals surface area contributed by atoms with Crippen LogP contribution in [-0.2, 0) is 7.05 Å². The van der Waals surface area contributed by atoms with Crippen molar-refractivity contribution in [1.82, 2.24) is 9.78 Å². The molecule has 0 radical (unpaired) electrons.